The number of fused-ring (bicyclic) bond motifs is 2. The Labute approximate surface area is 336 Å². The van der Waals surface area contributed by atoms with E-state index in [0.717, 1.165) is 28.2 Å². The lowest BCUT2D eigenvalue weighted by Crippen LogP contribution is -2.54. The highest BCUT2D eigenvalue weighted by atomic mass is 19.1. The molecule has 59 heavy (non-hydrogen) atoms. The van der Waals surface area contributed by atoms with E-state index >= 15 is 0 Å². The van der Waals surface area contributed by atoms with Crippen LogP contribution in [0.2, 0.25) is 0 Å². The summed E-state index contributed by atoms with van der Waals surface area (Å²) < 4.78 is 38.3. The van der Waals surface area contributed by atoms with Gasteiger partial charge in [-0.25, -0.2) is 8.78 Å². The first-order valence-corrected chi connectivity index (χ1v) is 19.2. The highest BCUT2D eigenvalue weighted by Crippen LogP contribution is 2.35. The molecule has 6 amide bonds. The topological polar surface area (TPSA) is 201 Å². The Bertz CT molecular complexity index is 2260. The van der Waals surface area contributed by atoms with Crippen LogP contribution in [0.15, 0.2) is 60.2 Å². The van der Waals surface area contributed by atoms with Gasteiger partial charge in [0.05, 0.1) is 30.9 Å². The van der Waals surface area contributed by atoms with E-state index in [1.807, 2.05) is 0 Å². The van der Waals surface area contributed by atoms with Crippen molar-refractivity contribution in [1.82, 2.24) is 15.5 Å². The molecule has 4 aliphatic rings. The Kier molecular flexibility index (Phi) is 12.1. The molecule has 4 N–H and O–H groups in total. The predicted octanol–water partition coefficient (Wildman–Crippen LogP) is 2.58. The monoisotopic (exact) mass is 813 g/mol. The number of nitrogens with zero attached hydrogens (tertiary/aromatic N) is 2. The van der Waals surface area contributed by atoms with E-state index in [-0.39, 0.29) is 74.5 Å². The lowest BCUT2D eigenvalue weighted by molar-refractivity contribution is -0.149. The molecule has 3 aromatic rings. The smallest absolute Gasteiger partial charge is 0.268 e. The van der Waals surface area contributed by atoms with Gasteiger partial charge in [0, 0.05) is 74.9 Å². The third-order valence-corrected chi connectivity index (χ3v) is 10.7. The molecular formula is C42H41F2N5O10. The molecular weight excluding hydrogens is 772 g/mol. The predicted molar refractivity (Wildman–Crippen MR) is 206 cm³/mol. The fourth-order valence-corrected chi connectivity index (χ4v) is 7.61. The van der Waals surface area contributed by atoms with E-state index in [2.05, 4.69) is 16.0 Å². The van der Waals surface area contributed by atoms with Crippen LogP contribution in [-0.4, -0.2) is 102 Å². The van der Waals surface area contributed by atoms with Gasteiger partial charge in [0.1, 0.15) is 17.7 Å². The molecule has 3 heterocycles. The summed E-state index contributed by atoms with van der Waals surface area (Å²) in [6, 6.07) is 11.8. The van der Waals surface area contributed by atoms with Gasteiger partial charge in [0.2, 0.25) is 17.4 Å². The zero-order chi connectivity index (χ0) is 41.8. The Morgan fingerprint density at radius 2 is 1.69 bits per heavy atom. The lowest BCUT2D eigenvalue weighted by atomic mass is 10.0. The number of Topliss-reactive ketones (excluding diaryl/α,β-unsaturated/α-hetero) is 1. The number of hydrogen-bond acceptors (Lipinski definition) is 11. The van der Waals surface area contributed by atoms with E-state index in [1.165, 1.54) is 11.0 Å². The van der Waals surface area contributed by atoms with Crippen molar-refractivity contribution in [2.45, 2.75) is 56.7 Å². The van der Waals surface area contributed by atoms with Gasteiger partial charge >= 0.3 is 0 Å². The molecule has 2 atom stereocenters. The van der Waals surface area contributed by atoms with Crippen LogP contribution in [0, 0.1) is 11.6 Å². The van der Waals surface area contributed by atoms with Crippen molar-refractivity contribution in [3.05, 3.63) is 99.6 Å². The molecule has 0 spiro atoms. The summed E-state index contributed by atoms with van der Waals surface area (Å²) in [6.45, 7) is 1.27. The van der Waals surface area contributed by atoms with E-state index < -0.39 is 58.7 Å². The first-order chi connectivity index (χ1) is 28.3. The summed E-state index contributed by atoms with van der Waals surface area (Å²) in [5.41, 5.74) is 1.27. The van der Waals surface area contributed by atoms with Crippen LogP contribution >= 0.6 is 0 Å². The summed E-state index contributed by atoms with van der Waals surface area (Å²) in [4.78, 5) is 91.5. The number of aliphatic hydroxyl groups is 1. The molecule has 0 bridgehead atoms. The number of ketones is 1. The van der Waals surface area contributed by atoms with Crippen molar-refractivity contribution < 1.29 is 56.9 Å². The first kappa shape index (κ1) is 41.0. The zero-order valence-electron chi connectivity index (χ0n) is 31.8. The van der Waals surface area contributed by atoms with Gasteiger partial charge in [-0.15, -0.1) is 0 Å². The molecule has 1 aliphatic carbocycles. The largest absolute Gasteiger partial charge is 0.382 e. The van der Waals surface area contributed by atoms with E-state index in [4.69, 9.17) is 9.47 Å². The number of halogens is 2. The Morgan fingerprint density at radius 3 is 2.46 bits per heavy atom. The van der Waals surface area contributed by atoms with Gasteiger partial charge < -0.3 is 30.1 Å². The molecule has 2 fully saturated rings. The van der Waals surface area contributed by atoms with Gasteiger partial charge in [-0.3, -0.25) is 43.8 Å². The maximum atomic E-state index is 13.5. The maximum Gasteiger partial charge on any atom is 0.268 e. The average Bonchev–Trinajstić information content (AvgIpc) is 3.85. The molecule has 3 aromatic carbocycles. The molecule has 3 aliphatic heterocycles. The zero-order valence-corrected chi connectivity index (χ0v) is 31.8. The van der Waals surface area contributed by atoms with Crippen molar-refractivity contribution in [3.63, 3.8) is 0 Å². The van der Waals surface area contributed by atoms with Crippen molar-refractivity contribution in [3.8, 4) is 0 Å². The number of anilines is 2. The molecule has 308 valence electrons. The number of rotatable bonds is 17. The van der Waals surface area contributed by atoms with E-state index in [0.29, 0.717) is 55.6 Å². The Balaban J connectivity index is 0.798. The number of ether oxygens (including phenoxy) is 2. The molecule has 0 radical (unpaired) electrons. The number of benzene rings is 3. The van der Waals surface area contributed by atoms with Crippen LogP contribution in [-0.2, 0) is 46.4 Å². The highest BCUT2D eigenvalue weighted by Gasteiger charge is 2.52. The summed E-state index contributed by atoms with van der Waals surface area (Å²) in [5.74, 6) is -5.77. The quantitative estimate of drug-likeness (QED) is 0.0888. The molecule has 7 rings (SSSR count). The summed E-state index contributed by atoms with van der Waals surface area (Å²) >= 11 is 0. The van der Waals surface area contributed by atoms with Crippen molar-refractivity contribution >= 4 is 58.7 Å². The minimum Gasteiger partial charge on any atom is -0.382 e. The Morgan fingerprint density at radius 1 is 0.932 bits per heavy atom. The van der Waals surface area contributed by atoms with Crippen LogP contribution in [0.25, 0.3) is 6.08 Å². The van der Waals surface area contributed by atoms with Gasteiger partial charge in [0.15, 0.2) is 5.78 Å². The number of carbonyl (C=O) groups is 7. The number of hydrogen-bond donors (Lipinski definition) is 4. The van der Waals surface area contributed by atoms with Crippen LogP contribution in [0.4, 0.5) is 20.2 Å². The summed E-state index contributed by atoms with van der Waals surface area (Å²) in [7, 11) is 0. The number of amides is 6. The third kappa shape index (κ3) is 8.67. The lowest BCUT2D eigenvalue weighted by Gasteiger charge is -2.27. The van der Waals surface area contributed by atoms with Gasteiger partial charge in [-0.2, -0.15) is 0 Å². The number of nitrogens with one attached hydrogen (secondary N) is 3. The summed E-state index contributed by atoms with van der Waals surface area (Å²) in [6.07, 6.45) is 2.86. The van der Waals surface area contributed by atoms with Gasteiger partial charge in [-0.05, 0) is 72.0 Å². The maximum absolute atomic E-state index is 13.5. The summed E-state index contributed by atoms with van der Waals surface area (Å²) in [5, 5.41) is 18.7. The van der Waals surface area contributed by atoms with Crippen LogP contribution in [0.3, 0.4) is 0 Å². The van der Waals surface area contributed by atoms with Gasteiger partial charge in [-0.1, -0.05) is 12.1 Å². The molecule has 0 aromatic heterocycles. The highest BCUT2D eigenvalue weighted by molar-refractivity contribution is 6.25. The number of allylic oxidation sites excluding steroid dienone is 1. The molecule has 0 saturated carbocycles. The first-order valence-electron chi connectivity index (χ1n) is 19.2. The van der Waals surface area contributed by atoms with Crippen LogP contribution in [0.5, 0.6) is 0 Å². The second-order valence-corrected chi connectivity index (χ2v) is 14.6. The van der Waals surface area contributed by atoms with E-state index in [1.54, 1.807) is 36.4 Å². The fourth-order valence-electron chi connectivity index (χ4n) is 7.61. The SMILES string of the molecule is O=C1CCC(N2C(=O)c3cccc(NCCOCCOCCCC(=O)C4=Cc5cc(N6CCC(O)(C(=O)NCc7cc(F)cc(F)c7)C6=O)ccc5C4)c3C2=O)C(=O)N1. The van der Waals surface area contributed by atoms with Crippen LogP contribution < -0.4 is 20.9 Å². The minimum absolute atomic E-state index is 0.0341. The fraction of sp³-hybridized carbons (Fsp3) is 0.357. The van der Waals surface area contributed by atoms with Crippen molar-refractivity contribution in [2.75, 3.05) is 49.7 Å². The average molecular weight is 814 g/mol. The van der Waals surface area contributed by atoms with Crippen molar-refractivity contribution in [1.29, 1.82) is 0 Å². The molecule has 17 heteroatoms. The third-order valence-electron chi connectivity index (χ3n) is 10.7. The normalized spacial score (nSPS) is 19.8. The number of imide groups is 2. The standard InChI is InChI=1S/C42H41F2N5O10/c43-28-17-24(18-29(44)22-28)23-46-40(55)42(57)10-12-48(41(42)56)30-7-6-25-19-27(20-26(25)21-30)34(50)5-2-13-58-15-16-59-14-11-45-32-4-1-3-31-36(32)39(54)49(38(31)53)33-8-9-35(51)47-37(33)52/h1,3-4,6-7,17-18,20-22,33,45,57H,2,5,8-16,19,23H2,(H,46,55)(H,47,51,52). The number of piperidine rings is 1. The second kappa shape index (κ2) is 17.4. The van der Waals surface area contributed by atoms with E-state index in [9.17, 15) is 47.4 Å². The van der Waals surface area contributed by atoms with Gasteiger partial charge in [0.25, 0.3) is 23.6 Å². The molecule has 15 nitrogen and oxygen atoms in total. The molecule has 2 saturated heterocycles. The minimum atomic E-state index is -2.35. The van der Waals surface area contributed by atoms with Crippen molar-refractivity contribution in [2.24, 2.45) is 0 Å². The molecule has 2 unspecified atom stereocenters. The second-order valence-electron chi connectivity index (χ2n) is 14.6. The van der Waals surface area contributed by atoms with Crippen LogP contribution in [0.1, 0.15) is 69.5 Å². The Hall–Kier alpha value is -6.17. The number of carbonyl (C=O) groups excluding carboxylic acids is 7.